The summed E-state index contributed by atoms with van der Waals surface area (Å²) in [5.74, 6) is -1.54. The van der Waals surface area contributed by atoms with Gasteiger partial charge in [-0.1, -0.05) is 0 Å². The number of rotatable bonds is 2. The lowest BCUT2D eigenvalue weighted by atomic mass is 10.2. The first kappa shape index (κ1) is 11.6. The highest BCUT2D eigenvalue weighted by Crippen LogP contribution is 2.18. The van der Waals surface area contributed by atoms with Crippen LogP contribution in [0.4, 0.5) is 8.78 Å². The molecule has 0 saturated heterocycles. The average Bonchev–Trinajstić information content (AvgIpc) is 2.32. The molecule has 0 aliphatic carbocycles. The largest absolute Gasteiger partial charge is 0.392 e. The minimum atomic E-state index is -0.935. The van der Waals surface area contributed by atoms with E-state index in [2.05, 4.69) is 9.97 Å². The van der Waals surface area contributed by atoms with E-state index in [1.165, 1.54) is 12.3 Å². The fraction of sp³-hybridized carbons (Fsp3) is 0.167. The van der Waals surface area contributed by atoms with Gasteiger partial charge in [-0.3, -0.25) is 0 Å². The highest BCUT2D eigenvalue weighted by molar-refractivity contribution is 5.55. The van der Waals surface area contributed by atoms with Crippen molar-refractivity contribution in [1.82, 2.24) is 9.97 Å². The second-order valence-electron chi connectivity index (χ2n) is 3.59. The zero-order chi connectivity index (χ0) is 12.4. The third-order valence-electron chi connectivity index (χ3n) is 2.43. The van der Waals surface area contributed by atoms with Crippen LogP contribution in [0.5, 0.6) is 0 Å². The van der Waals surface area contributed by atoms with Crippen LogP contribution < -0.4 is 0 Å². The highest BCUT2D eigenvalue weighted by atomic mass is 19.2. The summed E-state index contributed by atoms with van der Waals surface area (Å²) in [6.07, 6.45) is 1.47. The van der Waals surface area contributed by atoms with Crippen molar-refractivity contribution in [2.75, 3.05) is 0 Å². The van der Waals surface area contributed by atoms with E-state index < -0.39 is 11.6 Å². The zero-order valence-electron chi connectivity index (χ0n) is 9.11. The number of nitrogens with zero attached hydrogens (tertiary/aromatic N) is 2. The molecule has 0 atom stereocenters. The minimum Gasteiger partial charge on any atom is -0.392 e. The van der Waals surface area contributed by atoms with E-state index in [-0.39, 0.29) is 6.61 Å². The molecule has 1 aromatic heterocycles. The summed E-state index contributed by atoms with van der Waals surface area (Å²) in [6.45, 7) is 1.57. The van der Waals surface area contributed by atoms with E-state index in [9.17, 15) is 8.78 Å². The molecule has 0 radical (unpaired) electrons. The molecule has 1 aromatic carbocycles. The van der Waals surface area contributed by atoms with Crippen molar-refractivity contribution in [2.45, 2.75) is 13.5 Å². The molecule has 2 aromatic rings. The smallest absolute Gasteiger partial charge is 0.159 e. The summed E-state index contributed by atoms with van der Waals surface area (Å²) in [7, 11) is 0. The highest BCUT2D eigenvalue weighted by Gasteiger charge is 2.08. The fourth-order valence-corrected chi connectivity index (χ4v) is 1.42. The maximum atomic E-state index is 13.0. The van der Waals surface area contributed by atoms with Crippen LogP contribution in [0.15, 0.2) is 24.4 Å². The normalized spacial score (nSPS) is 10.6. The van der Waals surface area contributed by atoms with Crippen LogP contribution in [0.25, 0.3) is 11.4 Å². The summed E-state index contributed by atoms with van der Waals surface area (Å²) in [5.41, 5.74) is 1.62. The van der Waals surface area contributed by atoms with Crippen molar-refractivity contribution in [3.05, 3.63) is 47.3 Å². The van der Waals surface area contributed by atoms with Gasteiger partial charge < -0.3 is 5.11 Å². The van der Waals surface area contributed by atoms with Gasteiger partial charge in [0.05, 0.1) is 6.61 Å². The summed E-state index contributed by atoms with van der Waals surface area (Å²) in [5, 5.41) is 8.97. The molecule has 0 bridgehead atoms. The van der Waals surface area contributed by atoms with Gasteiger partial charge in [0.15, 0.2) is 17.5 Å². The van der Waals surface area contributed by atoms with Crippen LogP contribution in [-0.4, -0.2) is 15.1 Å². The Labute approximate surface area is 96.8 Å². The van der Waals surface area contributed by atoms with Crippen molar-refractivity contribution >= 4 is 0 Å². The number of aliphatic hydroxyl groups excluding tert-OH is 1. The molecule has 0 aliphatic heterocycles. The molecule has 3 nitrogen and oxygen atoms in total. The predicted molar refractivity (Wildman–Crippen MR) is 58.0 cm³/mol. The Morgan fingerprint density at radius 2 is 2.00 bits per heavy atom. The van der Waals surface area contributed by atoms with Crippen molar-refractivity contribution in [2.24, 2.45) is 0 Å². The maximum Gasteiger partial charge on any atom is 0.159 e. The minimum absolute atomic E-state index is 0.149. The number of aliphatic hydroxyl groups is 1. The van der Waals surface area contributed by atoms with Crippen LogP contribution in [-0.2, 0) is 6.61 Å². The van der Waals surface area contributed by atoms with Crippen molar-refractivity contribution in [1.29, 1.82) is 0 Å². The van der Waals surface area contributed by atoms with Gasteiger partial charge in [-0.2, -0.15) is 0 Å². The van der Waals surface area contributed by atoms with Gasteiger partial charge in [0.25, 0.3) is 0 Å². The lowest BCUT2D eigenvalue weighted by Gasteiger charge is -2.05. The molecule has 2 rings (SSSR count). The number of aromatic nitrogens is 2. The molecule has 17 heavy (non-hydrogen) atoms. The third kappa shape index (κ3) is 2.29. The lowest BCUT2D eigenvalue weighted by molar-refractivity contribution is 0.280. The summed E-state index contributed by atoms with van der Waals surface area (Å²) < 4.78 is 25.8. The molecule has 1 N–H and O–H groups in total. The SMILES string of the molecule is Cc1nc(-c2ccc(F)c(F)c2)ncc1CO. The Bertz CT molecular complexity index is 558. The molecule has 0 fully saturated rings. The van der Waals surface area contributed by atoms with Gasteiger partial charge in [0.2, 0.25) is 0 Å². The van der Waals surface area contributed by atoms with Crippen LogP contribution in [0.2, 0.25) is 0 Å². The van der Waals surface area contributed by atoms with Crippen LogP contribution in [0.3, 0.4) is 0 Å². The fourth-order valence-electron chi connectivity index (χ4n) is 1.42. The van der Waals surface area contributed by atoms with Crippen molar-refractivity contribution < 1.29 is 13.9 Å². The topological polar surface area (TPSA) is 46.0 Å². The molecule has 0 spiro atoms. The Morgan fingerprint density at radius 3 is 2.59 bits per heavy atom. The van der Waals surface area contributed by atoms with Gasteiger partial charge in [-0.15, -0.1) is 0 Å². The first-order chi connectivity index (χ1) is 8.11. The number of hydrogen-bond acceptors (Lipinski definition) is 3. The first-order valence-corrected chi connectivity index (χ1v) is 5.00. The van der Waals surface area contributed by atoms with Crippen LogP contribution >= 0.6 is 0 Å². The molecule has 1 heterocycles. The number of hydrogen-bond donors (Lipinski definition) is 1. The molecule has 0 unspecified atom stereocenters. The van der Waals surface area contributed by atoms with E-state index in [0.717, 1.165) is 12.1 Å². The third-order valence-corrected chi connectivity index (χ3v) is 2.43. The lowest BCUT2D eigenvalue weighted by Crippen LogP contribution is -1.98. The molecule has 0 aliphatic rings. The molecule has 5 heteroatoms. The van der Waals surface area contributed by atoms with Gasteiger partial charge in [-0.25, -0.2) is 18.7 Å². The predicted octanol–water partition coefficient (Wildman–Crippen LogP) is 2.22. The van der Waals surface area contributed by atoms with E-state index in [4.69, 9.17) is 5.11 Å². The number of benzene rings is 1. The molecule has 0 saturated carbocycles. The van der Waals surface area contributed by atoms with E-state index >= 15 is 0 Å². The van der Waals surface area contributed by atoms with E-state index in [0.29, 0.717) is 22.6 Å². The Hall–Kier alpha value is -1.88. The summed E-state index contributed by atoms with van der Waals surface area (Å²) in [6, 6.07) is 3.48. The summed E-state index contributed by atoms with van der Waals surface area (Å²) >= 11 is 0. The van der Waals surface area contributed by atoms with Crippen molar-refractivity contribution in [3.63, 3.8) is 0 Å². The van der Waals surface area contributed by atoms with Gasteiger partial charge in [0.1, 0.15) is 0 Å². The standard InChI is InChI=1S/C12H10F2N2O/c1-7-9(6-17)5-15-12(16-7)8-2-3-10(13)11(14)4-8/h2-5,17H,6H2,1H3. The van der Waals surface area contributed by atoms with Gasteiger partial charge >= 0.3 is 0 Å². The summed E-state index contributed by atoms with van der Waals surface area (Å²) in [4.78, 5) is 8.12. The first-order valence-electron chi connectivity index (χ1n) is 5.00. The number of halogens is 2. The average molecular weight is 236 g/mol. The molecular formula is C12H10F2N2O. The Balaban J connectivity index is 2.46. The monoisotopic (exact) mass is 236 g/mol. The second kappa shape index (κ2) is 4.55. The quantitative estimate of drug-likeness (QED) is 0.869. The van der Waals surface area contributed by atoms with E-state index in [1.807, 2.05) is 0 Å². The molecular weight excluding hydrogens is 226 g/mol. The van der Waals surface area contributed by atoms with Gasteiger partial charge in [0, 0.05) is 23.0 Å². The van der Waals surface area contributed by atoms with Crippen LogP contribution in [0.1, 0.15) is 11.3 Å². The maximum absolute atomic E-state index is 13.0. The van der Waals surface area contributed by atoms with Crippen LogP contribution in [0, 0.1) is 18.6 Å². The number of aryl methyl sites for hydroxylation is 1. The van der Waals surface area contributed by atoms with Gasteiger partial charge in [-0.05, 0) is 25.1 Å². The molecule has 0 amide bonds. The molecule has 88 valence electrons. The second-order valence-corrected chi connectivity index (χ2v) is 3.59. The Kier molecular flexibility index (Phi) is 3.10. The van der Waals surface area contributed by atoms with Crippen molar-refractivity contribution in [3.8, 4) is 11.4 Å². The Morgan fingerprint density at radius 1 is 1.24 bits per heavy atom. The van der Waals surface area contributed by atoms with E-state index in [1.54, 1.807) is 6.92 Å². The zero-order valence-corrected chi connectivity index (χ0v) is 9.11.